The zero-order valence-corrected chi connectivity index (χ0v) is 20.6. The fourth-order valence-electron chi connectivity index (χ4n) is 3.82. The molecule has 0 amide bonds. The van der Waals surface area contributed by atoms with E-state index < -0.39 is 11.6 Å². The van der Waals surface area contributed by atoms with E-state index in [1.165, 1.54) is 26.7 Å². The summed E-state index contributed by atoms with van der Waals surface area (Å²) in [6.45, 7) is 14.2. The average molecular weight is 453 g/mol. The molecule has 0 spiro atoms. The van der Waals surface area contributed by atoms with Gasteiger partial charge in [0.1, 0.15) is 18.0 Å². The van der Waals surface area contributed by atoms with Crippen molar-refractivity contribution in [1.82, 2.24) is 10.4 Å². The first kappa shape index (κ1) is 24.0. The van der Waals surface area contributed by atoms with Crippen LogP contribution in [-0.2, 0) is 12.2 Å². The number of nitrogens with zero attached hydrogens (tertiary/aromatic N) is 1. The molecule has 7 heteroatoms. The van der Waals surface area contributed by atoms with Crippen molar-refractivity contribution in [3.63, 3.8) is 0 Å². The Morgan fingerprint density at radius 1 is 1.30 bits per heavy atom. The van der Waals surface area contributed by atoms with E-state index in [4.69, 9.17) is 4.74 Å². The van der Waals surface area contributed by atoms with Crippen LogP contribution in [0.2, 0.25) is 0 Å². The number of hydroxylamine groups is 2. The van der Waals surface area contributed by atoms with Crippen LogP contribution in [0.1, 0.15) is 52.7 Å². The highest BCUT2D eigenvalue weighted by Gasteiger charge is 2.31. The molecule has 2 heterocycles. The first-order chi connectivity index (χ1) is 14.0. The van der Waals surface area contributed by atoms with Gasteiger partial charge in [-0.15, -0.1) is 0 Å². The van der Waals surface area contributed by atoms with Crippen LogP contribution < -0.4 is 10.1 Å². The van der Waals surface area contributed by atoms with Crippen LogP contribution >= 0.6 is 21.6 Å². The van der Waals surface area contributed by atoms with Gasteiger partial charge in [0.05, 0.1) is 5.54 Å². The molecule has 5 nitrogen and oxygen atoms in total. The molecular weight excluding hydrogens is 416 g/mol. The molecule has 2 atom stereocenters. The Kier molecular flexibility index (Phi) is 7.53. The number of likely N-dealkylation sites (N-methyl/N-ethyl adjacent to an activating group) is 1. The highest BCUT2D eigenvalue weighted by Crippen LogP contribution is 2.47. The van der Waals surface area contributed by atoms with E-state index in [9.17, 15) is 10.3 Å². The van der Waals surface area contributed by atoms with Crippen LogP contribution in [-0.4, -0.2) is 52.8 Å². The molecule has 0 radical (unpaired) electrons. The van der Waals surface area contributed by atoms with Gasteiger partial charge in [-0.3, -0.25) is 0 Å². The molecule has 0 bridgehead atoms. The van der Waals surface area contributed by atoms with E-state index >= 15 is 0 Å². The lowest BCUT2D eigenvalue weighted by molar-refractivity contribution is -0.141. The Labute approximate surface area is 189 Å². The topological polar surface area (TPSA) is 65.0 Å². The van der Waals surface area contributed by atoms with Gasteiger partial charge in [-0.05, 0) is 42.5 Å². The van der Waals surface area contributed by atoms with Crippen molar-refractivity contribution < 1.29 is 15.1 Å². The predicted molar refractivity (Wildman–Crippen MR) is 126 cm³/mol. The first-order valence-corrected chi connectivity index (χ1v) is 13.0. The van der Waals surface area contributed by atoms with Gasteiger partial charge in [-0.25, -0.2) is 0 Å². The van der Waals surface area contributed by atoms with Crippen molar-refractivity contribution in [2.45, 2.75) is 76.4 Å². The van der Waals surface area contributed by atoms with Gasteiger partial charge in [-0.2, -0.15) is 5.06 Å². The molecule has 0 saturated carbocycles. The van der Waals surface area contributed by atoms with E-state index in [1.807, 2.05) is 42.4 Å². The number of fused-ring (bicyclic) bond motifs is 2. The third kappa shape index (κ3) is 5.56. The number of nitrogens with one attached hydrogen (secondary N) is 1. The Balaban J connectivity index is 1.58. The van der Waals surface area contributed by atoms with Crippen molar-refractivity contribution in [2.24, 2.45) is 5.41 Å². The lowest BCUT2D eigenvalue weighted by Crippen LogP contribution is -2.42. The van der Waals surface area contributed by atoms with Crippen LogP contribution in [0.3, 0.4) is 0 Å². The number of aliphatic hydroxyl groups excluding tert-OH is 1. The molecule has 30 heavy (non-hydrogen) atoms. The molecule has 2 aliphatic heterocycles. The Bertz CT molecular complexity index is 756. The smallest absolute Gasteiger partial charge is 0.130 e. The molecule has 0 fully saturated rings. The third-order valence-electron chi connectivity index (χ3n) is 5.86. The minimum absolute atomic E-state index is 0.0415. The van der Waals surface area contributed by atoms with E-state index in [0.717, 1.165) is 17.9 Å². The van der Waals surface area contributed by atoms with Gasteiger partial charge in [0.25, 0.3) is 0 Å². The molecule has 3 N–H and O–H groups in total. The van der Waals surface area contributed by atoms with Crippen LogP contribution in [0.25, 0.3) is 0 Å². The summed E-state index contributed by atoms with van der Waals surface area (Å²) in [5.41, 5.74) is 3.25. The first-order valence-electron chi connectivity index (χ1n) is 10.7. The number of rotatable bonds is 8. The Hall–Kier alpha value is -0.700. The minimum Gasteiger partial charge on any atom is -0.487 e. The molecule has 168 valence electrons. The van der Waals surface area contributed by atoms with Crippen molar-refractivity contribution in [2.75, 3.05) is 19.6 Å². The maximum atomic E-state index is 10.7. The molecule has 1 aromatic carbocycles. The molecule has 1 aromatic rings. The molecule has 0 aromatic heterocycles. The van der Waals surface area contributed by atoms with Crippen molar-refractivity contribution in [3.05, 3.63) is 34.9 Å². The summed E-state index contributed by atoms with van der Waals surface area (Å²) in [5, 5.41) is 25.7. The molecule has 0 saturated heterocycles. The largest absolute Gasteiger partial charge is 0.487 e. The van der Waals surface area contributed by atoms with Gasteiger partial charge in [0.2, 0.25) is 0 Å². The van der Waals surface area contributed by atoms with Crippen LogP contribution in [0.15, 0.2) is 28.7 Å². The van der Waals surface area contributed by atoms with Gasteiger partial charge < -0.3 is 20.4 Å². The lowest BCUT2D eigenvalue weighted by Gasteiger charge is -2.34. The summed E-state index contributed by atoms with van der Waals surface area (Å²) >= 11 is 0. The quantitative estimate of drug-likeness (QED) is 0.301. The maximum absolute atomic E-state index is 10.7. The highest BCUT2D eigenvalue weighted by molar-refractivity contribution is 8.76. The Morgan fingerprint density at radius 3 is 2.70 bits per heavy atom. The second kappa shape index (κ2) is 9.43. The van der Waals surface area contributed by atoms with Crippen LogP contribution in [0.5, 0.6) is 5.75 Å². The number of benzene rings is 1. The number of hydrogen-bond donors (Lipinski definition) is 3. The van der Waals surface area contributed by atoms with Gasteiger partial charge >= 0.3 is 0 Å². The minimum atomic E-state index is -0.575. The standard InChI is InChI=1S/C23H36N2O3S2/c1-7-25(27)23(5,6)11-17(22(2,3)4)12-24-13-18(26)20-8-15-10-21-16(14-29-30-21)9-19(15)28-20/h9-11,18,20,24,26-27H,7-8,12-14H2,1-6H3/b17-11-. The van der Waals surface area contributed by atoms with Gasteiger partial charge in [0, 0.05) is 36.7 Å². The van der Waals surface area contributed by atoms with E-state index in [1.54, 1.807) is 0 Å². The van der Waals surface area contributed by atoms with Gasteiger partial charge in [-0.1, -0.05) is 60.9 Å². The van der Waals surface area contributed by atoms with Crippen molar-refractivity contribution in [1.29, 1.82) is 0 Å². The number of aliphatic hydroxyl groups is 1. The molecule has 3 rings (SSSR count). The summed E-state index contributed by atoms with van der Waals surface area (Å²) < 4.78 is 6.08. The zero-order chi connectivity index (χ0) is 22.1. The predicted octanol–water partition coefficient (Wildman–Crippen LogP) is 4.66. The highest BCUT2D eigenvalue weighted by atomic mass is 33.1. The molecule has 2 aliphatic rings. The average Bonchev–Trinajstić information content (AvgIpc) is 3.29. The van der Waals surface area contributed by atoms with E-state index in [2.05, 4.69) is 44.3 Å². The second-order valence-electron chi connectivity index (χ2n) is 9.76. The van der Waals surface area contributed by atoms with Crippen LogP contribution in [0, 0.1) is 5.41 Å². The van der Waals surface area contributed by atoms with E-state index in [-0.39, 0.29) is 11.5 Å². The molecular formula is C23H36N2O3S2. The third-order valence-corrected chi connectivity index (χ3v) is 8.21. The fourth-order valence-corrected chi connectivity index (χ4v) is 6.30. The number of ether oxygens (including phenoxy) is 1. The Morgan fingerprint density at radius 2 is 2.03 bits per heavy atom. The summed E-state index contributed by atoms with van der Waals surface area (Å²) in [6, 6.07) is 4.38. The summed E-state index contributed by atoms with van der Waals surface area (Å²) in [4.78, 5) is 1.34. The fraction of sp³-hybridized carbons (Fsp3) is 0.652. The maximum Gasteiger partial charge on any atom is 0.130 e. The zero-order valence-electron chi connectivity index (χ0n) is 19.0. The SMILES string of the molecule is CCN(O)C(C)(C)/C=C(/CNCC(O)C1Cc2cc3c(cc2O1)CSS3)C(C)(C)C. The number of hydrogen-bond acceptors (Lipinski definition) is 7. The van der Waals surface area contributed by atoms with Crippen molar-refractivity contribution in [3.8, 4) is 5.75 Å². The summed E-state index contributed by atoms with van der Waals surface area (Å²) in [5.74, 6) is 1.95. The monoisotopic (exact) mass is 452 g/mol. The van der Waals surface area contributed by atoms with Gasteiger partial charge in [0.15, 0.2) is 0 Å². The van der Waals surface area contributed by atoms with Crippen molar-refractivity contribution >= 4 is 21.6 Å². The molecule has 2 unspecified atom stereocenters. The lowest BCUT2D eigenvalue weighted by atomic mass is 9.83. The molecule has 0 aliphatic carbocycles. The van der Waals surface area contributed by atoms with E-state index in [0.29, 0.717) is 19.6 Å². The second-order valence-corrected chi connectivity index (χ2v) is 12.1. The normalized spacial score (nSPS) is 20.3. The van der Waals surface area contributed by atoms with Crippen LogP contribution in [0.4, 0.5) is 0 Å². The summed E-state index contributed by atoms with van der Waals surface area (Å²) in [6.07, 6.45) is 2.10. The summed E-state index contributed by atoms with van der Waals surface area (Å²) in [7, 11) is 3.69.